The Bertz CT molecular complexity index is 237. The van der Waals surface area contributed by atoms with Crippen molar-refractivity contribution in [2.75, 3.05) is 0 Å². The monoisotopic (exact) mass is 212 g/mol. The number of carbonyl (C=O) groups excluding carboxylic acids is 1. The minimum Gasteiger partial charge on any atom is -0.542 e. The van der Waals surface area contributed by atoms with Gasteiger partial charge in [-0.1, -0.05) is 0 Å². The van der Waals surface area contributed by atoms with Gasteiger partial charge in [0.05, 0.1) is 6.20 Å². The number of halogens is 1. The molecule has 0 aliphatic heterocycles. The summed E-state index contributed by atoms with van der Waals surface area (Å²) in [6.07, 6.45) is 1.35. The summed E-state index contributed by atoms with van der Waals surface area (Å²) >= 11 is 2.99. The van der Waals surface area contributed by atoms with Crippen molar-refractivity contribution in [3.8, 4) is 0 Å². The smallest absolute Gasteiger partial charge is 0.542 e. The fourth-order valence-corrected chi connectivity index (χ4v) is 0.693. The number of aromatic nitrogens is 2. The minimum atomic E-state index is -1.30. The number of H-pyrrole nitrogens is 1. The Balaban J connectivity index is 0.000000810. The topological polar surface area (TPSA) is 68.8 Å². The molecule has 1 aromatic heterocycles. The Morgan fingerprint density at radius 1 is 1.80 bits per heavy atom. The summed E-state index contributed by atoms with van der Waals surface area (Å²) in [6.45, 7) is 0. The Morgan fingerprint density at radius 2 is 2.40 bits per heavy atom. The molecular formula is C4H2BrN2NaO2. The summed E-state index contributed by atoms with van der Waals surface area (Å²) in [7, 11) is 0. The van der Waals surface area contributed by atoms with Crippen molar-refractivity contribution in [3.05, 3.63) is 16.6 Å². The van der Waals surface area contributed by atoms with E-state index in [-0.39, 0.29) is 35.4 Å². The van der Waals surface area contributed by atoms with Crippen molar-refractivity contribution in [1.82, 2.24) is 9.97 Å². The number of imidazole rings is 1. The first kappa shape index (κ1) is 10.2. The molecule has 0 atom stereocenters. The van der Waals surface area contributed by atoms with Gasteiger partial charge in [-0.2, -0.15) is 0 Å². The van der Waals surface area contributed by atoms with E-state index in [1.165, 1.54) is 6.20 Å². The van der Waals surface area contributed by atoms with Crippen molar-refractivity contribution in [2.45, 2.75) is 0 Å². The largest absolute Gasteiger partial charge is 1.00 e. The molecule has 0 aliphatic rings. The van der Waals surface area contributed by atoms with Gasteiger partial charge in [0.25, 0.3) is 0 Å². The van der Waals surface area contributed by atoms with Crippen LogP contribution in [0.15, 0.2) is 10.8 Å². The normalized spacial score (nSPS) is 8.50. The summed E-state index contributed by atoms with van der Waals surface area (Å²) in [5.74, 6) is -1.47. The van der Waals surface area contributed by atoms with Crippen LogP contribution in [0.4, 0.5) is 0 Å². The Kier molecular flexibility index (Phi) is 4.19. The quantitative estimate of drug-likeness (QED) is 0.493. The zero-order valence-electron chi connectivity index (χ0n) is 5.22. The van der Waals surface area contributed by atoms with E-state index in [2.05, 4.69) is 25.9 Å². The molecule has 0 saturated carbocycles. The molecule has 1 heterocycles. The third-order valence-electron chi connectivity index (χ3n) is 0.738. The Hall–Kier alpha value is 0.160. The van der Waals surface area contributed by atoms with Gasteiger partial charge in [0.1, 0.15) is 10.6 Å². The Labute approximate surface area is 87.5 Å². The van der Waals surface area contributed by atoms with Crippen LogP contribution in [-0.2, 0) is 0 Å². The number of aromatic amines is 1. The van der Waals surface area contributed by atoms with Crippen LogP contribution in [0.25, 0.3) is 0 Å². The van der Waals surface area contributed by atoms with Gasteiger partial charge in [-0.3, -0.25) is 0 Å². The second-order valence-corrected chi connectivity index (χ2v) is 2.22. The van der Waals surface area contributed by atoms with Gasteiger partial charge in [0.15, 0.2) is 5.82 Å². The summed E-state index contributed by atoms with van der Waals surface area (Å²) in [5.41, 5.74) is 0. The van der Waals surface area contributed by atoms with Crippen molar-refractivity contribution < 1.29 is 39.5 Å². The minimum absolute atomic E-state index is 0. The number of aromatic carboxylic acids is 1. The zero-order chi connectivity index (χ0) is 6.85. The number of nitrogens with zero attached hydrogens (tertiary/aromatic N) is 1. The first-order valence-electron chi connectivity index (χ1n) is 2.12. The van der Waals surface area contributed by atoms with Crippen LogP contribution in [-0.4, -0.2) is 15.9 Å². The molecule has 0 saturated heterocycles. The van der Waals surface area contributed by atoms with Gasteiger partial charge in [-0.25, -0.2) is 4.98 Å². The van der Waals surface area contributed by atoms with E-state index < -0.39 is 5.97 Å². The average Bonchev–Trinajstić information content (AvgIpc) is 2.14. The maximum atomic E-state index is 9.99. The number of rotatable bonds is 1. The van der Waals surface area contributed by atoms with Crippen LogP contribution >= 0.6 is 15.9 Å². The number of nitrogens with one attached hydrogen (secondary N) is 1. The van der Waals surface area contributed by atoms with E-state index in [1.807, 2.05) is 0 Å². The summed E-state index contributed by atoms with van der Waals surface area (Å²) in [4.78, 5) is 15.9. The molecule has 0 radical (unpaired) electrons. The second kappa shape index (κ2) is 4.12. The van der Waals surface area contributed by atoms with E-state index >= 15 is 0 Å². The molecule has 0 unspecified atom stereocenters. The van der Waals surface area contributed by atoms with Crippen LogP contribution in [0, 0.1) is 0 Å². The molecule has 6 heteroatoms. The second-order valence-electron chi connectivity index (χ2n) is 1.37. The van der Waals surface area contributed by atoms with E-state index in [4.69, 9.17) is 0 Å². The Morgan fingerprint density at radius 3 is 2.60 bits per heavy atom. The number of carboxylic acid groups (broad SMARTS) is 1. The molecule has 0 amide bonds. The van der Waals surface area contributed by atoms with Gasteiger partial charge >= 0.3 is 29.6 Å². The molecule has 4 nitrogen and oxygen atoms in total. The molecule has 0 bridgehead atoms. The van der Waals surface area contributed by atoms with E-state index in [0.29, 0.717) is 4.60 Å². The molecule has 0 spiro atoms. The maximum absolute atomic E-state index is 9.99. The fraction of sp³-hybridized carbons (Fsp3) is 0. The van der Waals surface area contributed by atoms with Crippen molar-refractivity contribution in [1.29, 1.82) is 0 Å². The molecule has 48 valence electrons. The van der Waals surface area contributed by atoms with E-state index in [9.17, 15) is 9.90 Å². The standard InChI is InChI=1S/C4H3BrN2O2.Na/c5-2-1-6-3(7-2)4(8)9;/h1H,(H,6,7)(H,8,9);/q;+1/p-1. The molecule has 0 fully saturated rings. The van der Waals surface area contributed by atoms with Gasteiger partial charge in [-0.05, 0) is 15.9 Å². The third-order valence-corrected chi connectivity index (χ3v) is 1.14. The van der Waals surface area contributed by atoms with Crippen LogP contribution in [0.1, 0.15) is 10.6 Å². The average molecular weight is 213 g/mol. The van der Waals surface area contributed by atoms with Crippen LogP contribution in [0.3, 0.4) is 0 Å². The predicted octanol–water partition coefficient (Wildman–Crippen LogP) is -3.46. The van der Waals surface area contributed by atoms with E-state index in [1.54, 1.807) is 0 Å². The van der Waals surface area contributed by atoms with Gasteiger partial charge in [-0.15, -0.1) is 0 Å². The molecule has 1 rings (SSSR count). The van der Waals surface area contributed by atoms with Crippen LogP contribution in [0.5, 0.6) is 0 Å². The van der Waals surface area contributed by atoms with Crippen LogP contribution < -0.4 is 34.7 Å². The summed E-state index contributed by atoms with van der Waals surface area (Å²) < 4.78 is 0.529. The first-order chi connectivity index (χ1) is 4.20. The molecule has 1 aromatic rings. The first-order valence-corrected chi connectivity index (χ1v) is 2.91. The predicted molar refractivity (Wildman–Crippen MR) is 30.6 cm³/mol. The van der Waals surface area contributed by atoms with Crippen molar-refractivity contribution in [3.63, 3.8) is 0 Å². The van der Waals surface area contributed by atoms with Crippen molar-refractivity contribution in [2.24, 2.45) is 0 Å². The molecule has 10 heavy (non-hydrogen) atoms. The molecule has 0 aliphatic carbocycles. The fourth-order valence-electron chi connectivity index (χ4n) is 0.403. The SMILES string of the molecule is O=C([O-])c1ncc(Br)[nH]1.[Na+]. The summed E-state index contributed by atoms with van der Waals surface area (Å²) in [6, 6.07) is 0. The third kappa shape index (κ3) is 2.42. The van der Waals surface area contributed by atoms with Crippen LogP contribution in [0.2, 0.25) is 0 Å². The molecule has 0 aromatic carbocycles. The number of hydrogen-bond donors (Lipinski definition) is 1. The zero-order valence-corrected chi connectivity index (χ0v) is 8.81. The number of carboxylic acids is 1. The van der Waals surface area contributed by atoms with Crippen molar-refractivity contribution >= 4 is 21.9 Å². The van der Waals surface area contributed by atoms with Gasteiger partial charge < -0.3 is 14.9 Å². The molecule has 1 N–H and O–H groups in total. The number of hydrogen-bond acceptors (Lipinski definition) is 3. The summed E-state index contributed by atoms with van der Waals surface area (Å²) in [5, 5.41) is 9.99. The van der Waals surface area contributed by atoms with Gasteiger partial charge in [0.2, 0.25) is 0 Å². The molecular weight excluding hydrogens is 211 g/mol. The maximum Gasteiger partial charge on any atom is 1.00 e. The van der Waals surface area contributed by atoms with Gasteiger partial charge in [0, 0.05) is 0 Å². The van der Waals surface area contributed by atoms with E-state index in [0.717, 1.165) is 0 Å². The number of carbonyl (C=O) groups is 1.